The molecule has 0 bridgehead atoms. The molecule has 4 N–H and O–H groups in total. The Morgan fingerprint density at radius 2 is 0.691 bits per heavy atom. The van der Waals surface area contributed by atoms with Gasteiger partial charge in [-0.1, -0.05) is 163 Å². The van der Waals surface area contributed by atoms with Gasteiger partial charge in [0, 0.05) is 22.0 Å². The summed E-state index contributed by atoms with van der Waals surface area (Å²) in [4.78, 5) is 0. The van der Waals surface area contributed by atoms with E-state index < -0.39 is 10.8 Å². The van der Waals surface area contributed by atoms with Crippen LogP contribution in [0.4, 0.5) is 0 Å². The van der Waals surface area contributed by atoms with E-state index >= 15 is 0 Å². The maximum atomic E-state index is 12.2. The molecule has 0 fully saturated rings. The van der Waals surface area contributed by atoms with Crippen molar-refractivity contribution in [1.29, 1.82) is 0 Å². The molecule has 0 radical (unpaired) electrons. The van der Waals surface area contributed by atoms with Crippen molar-refractivity contribution in [2.24, 2.45) is 0 Å². The van der Waals surface area contributed by atoms with E-state index in [1.165, 1.54) is 0 Å². The standard InChI is InChI=1S/C51H72O4/c1-19-20-51(40-23-30(2)21-32(4)42(40)52,41-24-31(3)22-33(5)43(41)53)29-50(18,34-25-36(46(6,7)8)44(54)37(26-34)47(9,10)11)35-27-38(48(12,13)14)45(55)39(28-35)49(15,16)17/h21-28,52-55H,19-20,29H2,1-18H3. The first-order chi connectivity index (χ1) is 24.9. The van der Waals surface area contributed by atoms with Gasteiger partial charge in [0.05, 0.1) is 0 Å². The van der Waals surface area contributed by atoms with Gasteiger partial charge in [-0.15, -0.1) is 0 Å². The fraction of sp³-hybridized carbons (Fsp3) is 0.529. The van der Waals surface area contributed by atoms with Gasteiger partial charge in [-0.25, -0.2) is 0 Å². The molecule has 300 valence electrons. The predicted octanol–water partition coefficient (Wildman–Crippen LogP) is 13.4. The molecule has 0 aliphatic rings. The second-order valence-electron chi connectivity index (χ2n) is 21.1. The molecule has 4 nitrogen and oxygen atoms in total. The zero-order chi connectivity index (χ0) is 42.0. The third-order valence-electron chi connectivity index (χ3n) is 12.0. The van der Waals surface area contributed by atoms with Crippen LogP contribution in [0.1, 0.15) is 183 Å². The maximum absolute atomic E-state index is 12.2. The van der Waals surface area contributed by atoms with Gasteiger partial charge >= 0.3 is 0 Å². The van der Waals surface area contributed by atoms with E-state index in [0.717, 1.165) is 73.2 Å². The van der Waals surface area contributed by atoms with Crippen molar-refractivity contribution in [3.8, 4) is 23.0 Å². The molecule has 0 heterocycles. The van der Waals surface area contributed by atoms with Crippen LogP contribution >= 0.6 is 0 Å². The largest absolute Gasteiger partial charge is 0.507 e. The van der Waals surface area contributed by atoms with E-state index in [1.54, 1.807) is 0 Å². The molecule has 4 heteroatoms. The summed E-state index contributed by atoms with van der Waals surface area (Å²) in [5.41, 5.74) is 7.70. The average molecular weight is 749 g/mol. The number of benzene rings is 4. The number of hydrogen-bond donors (Lipinski definition) is 4. The maximum Gasteiger partial charge on any atom is 0.123 e. The van der Waals surface area contributed by atoms with Crippen LogP contribution in [0.3, 0.4) is 0 Å². The van der Waals surface area contributed by atoms with Gasteiger partial charge < -0.3 is 20.4 Å². The Morgan fingerprint density at radius 3 is 0.945 bits per heavy atom. The number of aryl methyl sites for hydroxylation is 4. The van der Waals surface area contributed by atoms with Gasteiger partial charge in [-0.2, -0.15) is 0 Å². The molecule has 55 heavy (non-hydrogen) atoms. The second-order valence-corrected chi connectivity index (χ2v) is 21.1. The number of hydrogen-bond acceptors (Lipinski definition) is 4. The molecule has 0 atom stereocenters. The summed E-state index contributed by atoms with van der Waals surface area (Å²) >= 11 is 0. The highest BCUT2D eigenvalue weighted by atomic mass is 16.3. The molecule has 0 saturated carbocycles. The molecule has 0 spiro atoms. The monoisotopic (exact) mass is 749 g/mol. The van der Waals surface area contributed by atoms with Crippen molar-refractivity contribution in [1.82, 2.24) is 0 Å². The quantitative estimate of drug-likeness (QED) is 0.145. The topological polar surface area (TPSA) is 80.9 Å². The lowest BCUT2D eigenvalue weighted by molar-refractivity contribution is 0.319. The molecule has 0 unspecified atom stereocenters. The van der Waals surface area contributed by atoms with Crippen LogP contribution in [0.25, 0.3) is 0 Å². The number of rotatable bonds is 8. The summed E-state index contributed by atoms with van der Waals surface area (Å²) in [7, 11) is 0. The SMILES string of the molecule is CCCC(CC(C)(c1cc(C(C)(C)C)c(O)c(C(C)(C)C)c1)c1cc(C(C)(C)C)c(O)c(C(C)(C)C)c1)(c1cc(C)cc(C)c1O)c1cc(C)cc(C)c1O. The molecule has 0 aliphatic heterocycles. The van der Waals surface area contributed by atoms with Gasteiger partial charge in [-0.05, 0) is 107 Å². The number of phenolic OH excluding ortho intramolecular Hbond substituents is 4. The van der Waals surface area contributed by atoms with E-state index in [4.69, 9.17) is 0 Å². The molecule has 0 saturated heterocycles. The Hall–Kier alpha value is -3.92. The van der Waals surface area contributed by atoms with Crippen LogP contribution in [0.5, 0.6) is 23.0 Å². The minimum atomic E-state index is -0.866. The number of phenols is 4. The second kappa shape index (κ2) is 14.5. The first-order valence-corrected chi connectivity index (χ1v) is 20.3. The zero-order valence-corrected chi connectivity index (χ0v) is 37.5. The summed E-state index contributed by atoms with van der Waals surface area (Å²) in [6.45, 7) is 38.3. The zero-order valence-electron chi connectivity index (χ0n) is 37.5. The lowest BCUT2D eigenvalue weighted by Crippen LogP contribution is -2.39. The normalized spacial score (nSPS) is 13.4. The average Bonchev–Trinajstić information content (AvgIpc) is 3.02. The van der Waals surface area contributed by atoms with E-state index in [-0.39, 0.29) is 33.2 Å². The highest BCUT2D eigenvalue weighted by Gasteiger charge is 2.47. The molecular formula is C51H72O4. The van der Waals surface area contributed by atoms with E-state index in [9.17, 15) is 20.4 Å². The summed E-state index contributed by atoms with van der Waals surface area (Å²) in [5.74, 6) is 1.13. The third-order valence-corrected chi connectivity index (χ3v) is 12.0. The van der Waals surface area contributed by atoms with Crippen molar-refractivity contribution in [3.63, 3.8) is 0 Å². The van der Waals surface area contributed by atoms with Crippen molar-refractivity contribution in [2.75, 3.05) is 0 Å². The molecule has 0 aliphatic carbocycles. The Labute approximate surface area is 334 Å². The molecule has 4 aromatic carbocycles. The van der Waals surface area contributed by atoms with Gasteiger partial charge in [0.25, 0.3) is 0 Å². The van der Waals surface area contributed by atoms with Crippen LogP contribution in [0, 0.1) is 27.7 Å². The first-order valence-electron chi connectivity index (χ1n) is 20.3. The first kappa shape index (κ1) is 43.8. The molecular weight excluding hydrogens is 677 g/mol. The lowest BCUT2D eigenvalue weighted by atomic mass is 9.57. The van der Waals surface area contributed by atoms with Crippen molar-refractivity contribution in [2.45, 2.75) is 176 Å². The van der Waals surface area contributed by atoms with Crippen LogP contribution in [0.15, 0.2) is 48.5 Å². The highest BCUT2D eigenvalue weighted by Crippen LogP contribution is 2.57. The summed E-state index contributed by atoms with van der Waals surface area (Å²) in [5, 5.41) is 48.5. The number of aromatic hydroxyl groups is 4. The van der Waals surface area contributed by atoms with E-state index in [1.807, 2.05) is 26.0 Å². The Morgan fingerprint density at radius 1 is 0.400 bits per heavy atom. The summed E-state index contributed by atoms with van der Waals surface area (Å²) in [6.07, 6.45) is 1.93. The fourth-order valence-electron chi connectivity index (χ4n) is 8.94. The van der Waals surface area contributed by atoms with E-state index in [0.29, 0.717) is 24.3 Å². The molecule has 0 aromatic heterocycles. The predicted molar refractivity (Wildman–Crippen MR) is 233 cm³/mol. The van der Waals surface area contributed by atoms with Gasteiger partial charge in [-0.3, -0.25) is 0 Å². The van der Waals surface area contributed by atoms with Crippen LogP contribution in [0.2, 0.25) is 0 Å². The minimum Gasteiger partial charge on any atom is -0.507 e. The van der Waals surface area contributed by atoms with Crippen molar-refractivity contribution < 1.29 is 20.4 Å². The van der Waals surface area contributed by atoms with Crippen molar-refractivity contribution in [3.05, 3.63) is 115 Å². The van der Waals surface area contributed by atoms with Crippen LogP contribution < -0.4 is 0 Å². The van der Waals surface area contributed by atoms with Crippen molar-refractivity contribution >= 4 is 0 Å². The van der Waals surface area contributed by atoms with Crippen LogP contribution in [-0.2, 0) is 32.5 Å². The summed E-state index contributed by atoms with van der Waals surface area (Å²) < 4.78 is 0. The smallest absolute Gasteiger partial charge is 0.123 e. The highest BCUT2D eigenvalue weighted by molar-refractivity contribution is 5.61. The van der Waals surface area contributed by atoms with Gasteiger partial charge in [0.2, 0.25) is 0 Å². The fourth-order valence-corrected chi connectivity index (χ4v) is 8.94. The molecule has 4 rings (SSSR count). The molecule has 4 aromatic rings. The molecule has 0 amide bonds. The summed E-state index contributed by atoms with van der Waals surface area (Å²) in [6, 6.07) is 17.1. The Balaban J connectivity index is 2.40. The van der Waals surface area contributed by atoms with Crippen LogP contribution in [-0.4, -0.2) is 20.4 Å². The van der Waals surface area contributed by atoms with Gasteiger partial charge in [0.1, 0.15) is 23.0 Å². The minimum absolute atomic E-state index is 0.243. The van der Waals surface area contributed by atoms with E-state index in [2.05, 4.69) is 147 Å². The van der Waals surface area contributed by atoms with Gasteiger partial charge in [0.15, 0.2) is 0 Å². The Kier molecular flexibility index (Phi) is 11.6. The Bertz CT molecular complexity index is 1860. The third kappa shape index (κ3) is 8.30. The lowest BCUT2D eigenvalue weighted by Gasteiger charge is -2.46.